The lowest BCUT2D eigenvalue weighted by Gasteiger charge is -2.17. The molecular weight excluding hydrogens is 354 g/mol. The number of hydrogen-bond donors (Lipinski definition) is 2. The highest BCUT2D eigenvalue weighted by atomic mass is 32.2. The first-order valence-corrected chi connectivity index (χ1v) is 9.64. The first-order valence-electron chi connectivity index (χ1n) is 8.16. The summed E-state index contributed by atoms with van der Waals surface area (Å²) in [4.78, 5) is 4.21. The summed E-state index contributed by atoms with van der Waals surface area (Å²) in [5.74, 6) is 0.612. The lowest BCUT2D eigenvalue weighted by molar-refractivity contribution is 0.304. The van der Waals surface area contributed by atoms with Gasteiger partial charge in [0.1, 0.15) is 5.75 Å². The van der Waals surface area contributed by atoms with Crippen LogP contribution in [0.15, 0.2) is 58.5 Å². The van der Waals surface area contributed by atoms with Gasteiger partial charge in [-0.3, -0.25) is 0 Å². The van der Waals surface area contributed by atoms with Crippen molar-refractivity contribution >= 4 is 21.9 Å². The lowest BCUT2D eigenvalue weighted by atomic mass is 10.2. The summed E-state index contributed by atoms with van der Waals surface area (Å²) in [6.45, 7) is 2.99. The SMILES string of the molecule is CCOc1ccc(S(=O)(=O)N/N=C\c2ccc(N(C)CCO)cc2)cc1. The average Bonchev–Trinajstić information content (AvgIpc) is 2.63. The van der Waals surface area contributed by atoms with E-state index in [4.69, 9.17) is 9.84 Å². The van der Waals surface area contributed by atoms with Crippen molar-refractivity contribution in [3.05, 3.63) is 54.1 Å². The minimum absolute atomic E-state index is 0.0764. The summed E-state index contributed by atoms with van der Waals surface area (Å²) in [6.07, 6.45) is 1.43. The molecule has 0 amide bonds. The first-order chi connectivity index (χ1) is 12.5. The van der Waals surface area contributed by atoms with Crippen molar-refractivity contribution in [2.24, 2.45) is 5.10 Å². The summed E-state index contributed by atoms with van der Waals surface area (Å²) in [5, 5.41) is 12.8. The highest BCUT2D eigenvalue weighted by Gasteiger charge is 2.12. The van der Waals surface area contributed by atoms with Crippen molar-refractivity contribution < 1.29 is 18.3 Å². The fourth-order valence-electron chi connectivity index (χ4n) is 2.20. The van der Waals surface area contributed by atoms with Crippen LogP contribution in [0.3, 0.4) is 0 Å². The van der Waals surface area contributed by atoms with Crippen molar-refractivity contribution in [2.45, 2.75) is 11.8 Å². The molecule has 0 saturated carbocycles. The number of nitrogens with one attached hydrogen (secondary N) is 1. The summed E-state index contributed by atoms with van der Waals surface area (Å²) in [7, 11) is -1.85. The Labute approximate surface area is 154 Å². The van der Waals surface area contributed by atoms with Gasteiger partial charge in [-0.2, -0.15) is 13.5 Å². The number of benzene rings is 2. The Kier molecular flexibility index (Phi) is 6.99. The van der Waals surface area contributed by atoms with Gasteiger partial charge in [0.15, 0.2) is 0 Å². The topological polar surface area (TPSA) is 91.2 Å². The molecule has 8 heteroatoms. The second kappa shape index (κ2) is 9.21. The number of sulfonamides is 1. The van der Waals surface area contributed by atoms with Crippen LogP contribution in [-0.2, 0) is 10.0 Å². The number of hydrazone groups is 1. The third-order valence-electron chi connectivity index (χ3n) is 3.60. The minimum Gasteiger partial charge on any atom is -0.494 e. The van der Waals surface area contributed by atoms with E-state index >= 15 is 0 Å². The van der Waals surface area contributed by atoms with Gasteiger partial charge in [-0.1, -0.05) is 12.1 Å². The van der Waals surface area contributed by atoms with Crippen LogP contribution in [0.2, 0.25) is 0 Å². The van der Waals surface area contributed by atoms with Crippen LogP contribution >= 0.6 is 0 Å². The summed E-state index contributed by atoms with van der Waals surface area (Å²) in [5.41, 5.74) is 1.70. The van der Waals surface area contributed by atoms with Crippen LogP contribution in [-0.4, -0.2) is 46.5 Å². The Morgan fingerprint density at radius 3 is 2.38 bits per heavy atom. The molecule has 0 aliphatic heterocycles. The molecule has 2 N–H and O–H groups in total. The maximum atomic E-state index is 12.2. The molecule has 0 atom stereocenters. The van der Waals surface area contributed by atoms with E-state index in [-0.39, 0.29) is 11.5 Å². The average molecular weight is 377 g/mol. The van der Waals surface area contributed by atoms with Gasteiger partial charge in [0.05, 0.1) is 24.3 Å². The summed E-state index contributed by atoms with van der Waals surface area (Å²) < 4.78 is 29.7. The van der Waals surface area contributed by atoms with Crippen LogP contribution in [0.4, 0.5) is 5.69 Å². The van der Waals surface area contributed by atoms with Gasteiger partial charge in [0.2, 0.25) is 0 Å². The molecule has 2 aromatic carbocycles. The van der Waals surface area contributed by atoms with Crippen molar-refractivity contribution in [1.82, 2.24) is 4.83 Å². The molecule has 0 fully saturated rings. The maximum Gasteiger partial charge on any atom is 0.276 e. The number of hydrogen-bond acceptors (Lipinski definition) is 6. The van der Waals surface area contributed by atoms with Crippen LogP contribution in [0.5, 0.6) is 5.75 Å². The van der Waals surface area contributed by atoms with Gasteiger partial charge in [0.25, 0.3) is 10.0 Å². The van der Waals surface area contributed by atoms with Gasteiger partial charge in [-0.15, -0.1) is 0 Å². The van der Waals surface area contributed by atoms with Gasteiger partial charge in [-0.25, -0.2) is 4.83 Å². The quantitative estimate of drug-likeness (QED) is 0.514. The Morgan fingerprint density at radius 1 is 1.15 bits per heavy atom. The molecule has 0 heterocycles. The molecule has 7 nitrogen and oxygen atoms in total. The van der Waals surface area contributed by atoms with E-state index in [1.54, 1.807) is 12.1 Å². The highest BCUT2D eigenvalue weighted by molar-refractivity contribution is 7.89. The number of ether oxygens (including phenoxy) is 1. The molecule has 26 heavy (non-hydrogen) atoms. The number of nitrogens with zero attached hydrogens (tertiary/aromatic N) is 2. The van der Waals surface area contributed by atoms with E-state index in [0.29, 0.717) is 18.9 Å². The zero-order chi connectivity index (χ0) is 19.0. The molecule has 0 bridgehead atoms. The normalized spacial score (nSPS) is 11.5. The number of aliphatic hydroxyl groups excluding tert-OH is 1. The molecular formula is C18H23N3O4S. The number of rotatable bonds is 9. The molecule has 0 unspecified atom stereocenters. The largest absolute Gasteiger partial charge is 0.494 e. The Balaban J connectivity index is 2.00. The van der Waals surface area contributed by atoms with E-state index < -0.39 is 10.0 Å². The van der Waals surface area contributed by atoms with Crippen molar-refractivity contribution in [3.63, 3.8) is 0 Å². The number of aliphatic hydroxyl groups is 1. The van der Waals surface area contributed by atoms with E-state index in [1.165, 1.54) is 18.3 Å². The van der Waals surface area contributed by atoms with Gasteiger partial charge in [-0.05, 0) is 48.9 Å². The van der Waals surface area contributed by atoms with Gasteiger partial charge < -0.3 is 14.7 Å². The zero-order valence-corrected chi connectivity index (χ0v) is 15.6. The van der Waals surface area contributed by atoms with Gasteiger partial charge >= 0.3 is 0 Å². The zero-order valence-electron chi connectivity index (χ0n) is 14.8. The molecule has 2 aromatic rings. The summed E-state index contributed by atoms with van der Waals surface area (Å²) in [6, 6.07) is 13.5. The van der Waals surface area contributed by atoms with Crippen molar-refractivity contribution in [1.29, 1.82) is 0 Å². The van der Waals surface area contributed by atoms with Crippen LogP contribution in [0.1, 0.15) is 12.5 Å². The minimum atomic E-state index is -3.73. The predicted molar refractivity (Wildman–Crippen MR) is 102 cm³/mol. The van der Waals surface area contributed by atoms with E-state index in [9.17, 15) is 8.42 Å². The molecule has 0 saturated heterocycles. The van der Waals surface area contributed by atoms with Crippen LogP contribution < -0.4 is 14.5 Å². The first kappa shape index (κ1) is 19.7. The van der Waals surface area contributed by atoms with E-state index in [0.717, 1.165) is 11.3 Å². The predicted octanol–water partition coefficient (Wildman–Crippen LogP) is 1.83. The molecule has 0 aliphatic carbocycles. The molecule has 2 rings (SSSR count). The Hall–Kier alpha value is -2.58. The number of likely N-dealkylation sites (N-methyl/N-ethyl adjacent to an activating group) is 1. The third kappa shape index (κ3) is 5.47. The van der Waals surface area contributed by atoms with Crippen LogP contribution in [0, 0.1) is 0 Å². The molecule has 140 valence electrons. The summed E-state index contributed by atoms with van der Waals surface area (Å²) >= 11 is 0. The monoisotopic (exact) mass is 377 g/mol. The van der Waals surface area contributed by atoms with Crippen molar-refractivity contribution in [3.8, 4) is 5.75 Å². The fraction of sp³-hybridized carbons (Fsp3) is 0.278. The smallest absolute Gasteiger partial charge is 0.276 e. The standard InChI is InChI=1S/C18H23N3O4S/c1-3-25-17-8-10-18(11-9-17)26(23,24)20-19-14-15-4-6-16(7-5-15)21(2)12-13-22/h4-11,14,20,22H,3,12-13H2,1-2H3/b19-14-. The highest BCUT2D eigenvalue weighted by Crippen LogP contribution is 2.16. The van der Waals surface area contributed by atoms with Gasteiger partial charge in [0, 0.05) is 19.3 Å². The fourth-order valence-corrected chi connectivity index (χ4v) is 2.99. The number of anilines is 1. The third-order valence-corrected chi connectivity index (χ3v) is 4.84. The molecule has 0 spiro atoms. The Morgan fingerprint density at radius 2 is 1.81 bits per heavy atom. The molecule has 0 aromatic heterocycles. The lowest BCUT2D eigenvalue weighted by Crippen LogP contribution is -2.21. The maximum absolute atomic E-state index is 12.2. The molecule has 0 radical (unpaired) electrons. The Bertz CT molecular complexity index is 819. The van der Waals surface area contributed by atoms with E-state index in [1.807, 2.05) is 43.1 Å². The van der Waals surface area contributed by atoms with Crippen LogP contribution in [0.25, 0.3) is 0 Å². The second-order valence-corrected chi connectivity index (χ2v) is 7.15. The second-order valence-electron chi connectivity index (χ2n) is 5.49. The van der Waals surface area contributed by atoms with E-state index in [2.05, 4.69) is 9.93 Å². The molecule has 0 aliphatic rings. The van der Waals surface area contributed by atoms with Crippen molar-refractivity contribution in [2.75, 3.05) is 31.7 Å².